The van der Waals surface area contributed by atoms with Gasteiger partial charge in [-0.1, -0.05) is 0 Å². The summed E-state index contributed by atoms with van der Waals surface area (Å²) in [6.07, 6.45) is 0.504. The van der Waals surface area contributed by atoms with E-state index in [1.165, 1.54) is 22.5 Å². The summed E-state index contributed by atoms with van der Waals surface area (Å²) in [4.78, 5) is 10.6. The van der Waals surface area contributed by atoms with E-state index in [1.807, 2.05) is 0 Å². The number of anilines is 2. The summed E-state index contributed by atoms with van der Waals surface area (Å²) >= 11 is 0. The third-order valence-electron chi connectivity index (χ3n) is 3.41. The zero-order valence-electron chi connectivity index (χ0n) is 11.9. The molecule has 0 aliphatic carbocycles. The molecule has 3 rings (SSSR count). The van der Waals surface area contributed by atoms with Gasteiger partial charge in [-0.05, 0) is 42.5 Å². The van der Waals surface area contributed by atoms with Crippen LogP contribution in [-0.2, 0) is 14.8 Å². The normalized spacial score (nSPS) is 13.9. The van der Waals surface area contributed by atoms with E-state index in [1.54, 1.807) is 12.1 Å². The minimum absolute atomic E-state index is 0.0134. The van der Waals surface area contributed by atoms with Gasteiger partial charge in [-0.15, -0.1) is 0 Å². The van der Waals surface area contributed by atoms with Crippen LogP contribution in [0.15, 0.2) is 47.4 Å². The van der Waals surface area contributed by atoms with Crippen LogP contribution in [0.5, 0.6) is 5.75 Å². The second-order valence-corrected chi connectivity index (χ2v) is 6.69. The lowest BCUT2D eigenvalue weighted by atomic mass is 10.2. The largest absolute Gasteiger partial charge is 0.489 e. The maximum Gasteiger partial charge on any atom is 0.264 e. The number of nitrogens with zero attached hydrogens (tertiary/aromatic N) is 1. The number of sulfonamides is 1. The van der Waals surface area contributed by atoms with Crippen molar-refractivity contribution in [3.8, 4) is 5.75 Å². The average Bonchev–Trinajstić information content (AvgIpc) is 2.55. The summed E-state index contributed by atoms with van der Waals surface area (Å²) in [5.74, 6) is -0.109. The van der Waals surface area contributed by atoms with Crippen molar-refractivity contribution < 1.29 is 22.3 Å². The van der Waals surface area contributed by atoms with Crippen LogP contribution in [0.3, 0.4) is 0 Å². The first-order valence-electron chi connectivity index (χ1n) is 6.78. The van der Waals surface area contributed by atoms with E-state index in [2.05, 4.69) is 5.32 Å². The topological polar surface area (TPSA) is 75.7 Å². The van der Waals surface area contributed by atoms with Crippen LogP contribution in [0.1, 0.15) is 0 Å². The molecule has 1 aliphatic heterocycles. The van der Waals surface area contributed by atoms with Crippen molar-refractivity contribution in [2.75, 3.05) is 22.8 Å². The Labute approximate surface area is 132 Å². The van der Waals surface area contributed by atoms with Gasteiger partial charge in [-0.2, -0.15) is 0 Å². The minimum atomic E-state index is -3.85. The summed E-state index contributed by atoms with van der Waals surface area (Å²) in [7, 11) is -3.85. The molecule has 23 heavy (non-hydrogen) atoms. The van der Waals surface area contributed by atoms with E-state index in [9.17, 15) is 17.6 Å². The number of nitrogens with one attached hydrogen (secondary N) is 1. The molecule has 0 atom stereocenters. The highest BCUT2D eigenvalue weighted by Gasteiger charge is 2.30. The number of fused-ring (bicyclic) bond motifs is 1. The van der Waals surface area contributed by atoms with Gasteiger partial charge in [0.05, 0.1) is 17.1 Å². The highest BCUT2D eigenvalue weighted by atomic mass is 32.2. The lowest BCUT2D eigenvalue weighted by Gasteiger charge is -2.30. The summed E-state index contributed by atoms with van der Waals surface area (Å²) in [6, 6.07) is 9.34. The van der Waals surface area contributed by atoms with Gasteiger partial charge in [0.2, 0.25) is 6.41 Å². The molecule has 1 aliphatic rings. The van der Waals surface area contributed by atoms with Crippen molar-refractivity contribution in [3.05, 3.63) is 48.3 Å². The fourth-order valence-corrected chi connectivity index (χ4v) is 3.79. The van der Waals surface area contributed by atoms with Gasteiger partial charge in [0.1, 0.15) is 18.2 Å². The van der Waals surface area contributed by atoms with E-state index in [-0.39, 0.29) is 18.0 Å². The lowest BCUT2D eigenvalue weighted by molar-refractivity contribution is -0.105. The predicted octanol–water partition coefficient (Wildman–Crippen LogP) is 1.98. The molecule has 2 aromatic rings. The Bertz CT molecular complexity index is 837. The summed E-state index contributed by atoms with van der Waals surface area (Å²) < 4.78 is 45.2. The van der Waals surface area contributed by atoms with Gasteiger partial charge >= 0.3 is 0 Å². The average molecular weight is 336 g/mol. The number of benzene rings is 2. The molecule has 1 amide bonds. The fourth-order valence-electron chi connectivity index (χ4n) is 2.33. The molecule has 0 bridgehead atoms. The van der Waals surface area contributed by atoms with Gasteiger partial charge in [-0.3, -0.25) is 9.10 Å². The summed E-state index contributed by atoms with van der Waals surface area (Å²) in [6.45, 7) is 0.325. The third kappa shape index (κ3) is 2.85. The number of ether oxygens (including phenoxy) is 1. The molecule has 1 N–H and O–H groups in total. The van der Waals surface area contributed by atoms with Crippen molar-refractivity contribution in [2.24, 2.45) is 0 Å². The smallest absolute Gasteiger partial charge is 0.264 e. The van der Waals surface area contributed by atoms with Crippen molar-refractivity contribution in [2.45, 2.75) is 4.90 Å². The van der Waals surface area contributed by atoms with Crippen LogP contribution in [0.4, 0.5) is 15.8 Å². The molecule has 2 aromatic carbocycles. The SMILES string of the molecule is O=CNc1ccc2c(c1)N(S(=O)(=O)c1ccc(F)cc1)CCO2. The molecule has 0 fully saturated rings. The molecule has 0 radical (unpaired) electrons. The van der Waals surface area contributed by atoms with Crippen LogP contribution in [0, 0.1) is 5.82 Å². The first kappa shape index (κ1) is 15.3. The standard InChI is InChI=1S/C15H13FN2O4S/c16-11-1-4-13(5-2-11)23(20,21)18-7-8-22-15-6-3-12(17-10-19)9-14(15)18/h1-6,9-10H,7-8H2,(H,17,19). The molecular weight excluding hydrogens is 323 g/mol. The number of halogens is 1. The number of rotatable bonds is 4. The third-order valence-corrected chi connectivity index (χ3v) is 5.23. The van der Waals surface area contributed by atoms with Crippen molar-refractivity contribution in [1.82, 2.24) is 0 Å². The molecule has 6 nitrogen and oxygen atoms in total. The van der Waals surface area contributed by atoms with Crippen LogP contribution in [0.25, 0.3) is 0 Å². The first-order chi connectivity index (χ1) is 11.0. The van der Waals surface area contributed by atoms with E-state index >= 15 is 0 Å². The number of carbonyl (C=O) groups excluding carboxylic acids is 1. The van der Waals surface area contributed by atoms with E-state index < -0.39 is 15.8 Å². The molecule has 1 heterocycles. The van der Waals surface area contributed by atoms with Crippen molar-refractivity contribution in [3.63, 3.8) is 0 Å². The Morgan fingerprint density at radius 3 is 2.61 bits per heavy atom. The Balaban J connectivity index is 2.06. The van der Waals surface area contributed by atoms with Crippen molar-refractivity contribution >= 4 is 27.8 Å². The minimum Gasteiger partial charge on any atom is -0.489 e. The molecule has 0 unspecified atom stereocenters. The molecule has 0 saturated heterocycles. The van der Waals surface area contributed by atoms with Crippen molar-refractivity contribution in [1.29, 1.82) is 0 Å². The molecular formula is C15H13FN2O4S. The molecule has 0 spiro atoms. The van der Waals surface area contributed by atoms with Gasteiger partial charge in [0.15, 0.2) is 0 Å². The highest BCUT2D eigenvalue weighted by molar-refractivity contribution is 7.92. The lowest BCUT2D eigenvalue weighted by Crippen LogP contribution is -2.38. The molecule has 0 aromatic heterocycles. The maximum atomic E-state index is 13.0. The Kier molecular flexibility index (Phi) is 3.91. The number of amides is 1. The second kappa shape index (κ2) is 5.88. The zero-order chi connectivity index (χ0) is 16.4. The second-order valence-electron chi connectivity index (χ2n) is 4.82. The number of hydrogen-bond donors (Lipinski definition) is 1. The monoisotopic (exact) mass is 336 g/mol. The quantitative estimate of drug-likeness (QED) is 0.866. The van der Waals surface area contributed by atoms with E-state index in [0.717, 1.165) is 12.1 Å². The summed E-state index contributed by atoms with van der Waals surface area (Å²) in [5.41, 5.74) is 0.774. The van der Waals surface area contributed by atoms with Gasteiger partial charge in [-0.25, -0.2) is 12.8 Å². The molecule has 0 saturated carbocycles. The Morgan fingerprint density at radius 2 is 1.91 bits per heavy atom. The Morgan fingerprint density at radius 1 is 1.17 bits per heavy atom. The van der Waals surface area contributed by atoms with Crippen LogP contribution < -0.4 is 14.4 Å². The van der Waals surface area contributed by atoms with Gasteiger partial charge < -0.3 is 10.1 Å². The predicted molar refractivity (Wildman–Crippen MR) is 82.6 cm³/mol. The zero-order valence-corrected chi connectivity index (χ0v) is 12.7. The number of hydrogen-bond acceptors (Lipinski definition) is 4. The van der Waals surface area contributed by atoms with Gasteiger partial charge in [0.25, 0.3) is 10.0 Å². The maximum absolute atomic E-state index is 13.0. The molecule has 8 heteroatoms. The van der Waals surface area contributed by atoms with E-state index in [0.29, 0.717) is 23.5 Å². The fraction of sp³-hybridized carbons (Fsp3) is 0.133. The van der Waals surface area contributed by atoms with Crippen LogP contribution in [0.2, 0.25) is 0 Å². The van der Waals surface area contributed by atoms with Crippen LogP contribution >= 0.6 is 0 Å². The van der Waals surface area contributed by atoms with Crippen LogP contribution in [-0.4, -0.2) is 28.0 Å². The van der Waals surface area contributed by atoms with E-state index in [4.69, 9.17) is 4.74 Å². The van der Waals surface area contributed by atoms with Gasteiger partial charge in [0, 0.05) is 5.69 Å². The molecule has 120 valence electrons. The number of carbonyl (C=O) groups is 1. The Hall–Kier alpha value is -2.61. The summed E-state index contributed by atoms with van der Waals surface area (Å²) in [5, 5.41) is 2.47. The first-order valence-corrected chi connectivity index (χ1v) is 8.22. The highest BCUT2D eigenvalue weighted by Crippen LogP contribution is 2.37.